The number of allylic oxidation sites excluding steroid dienone is 2. The summed E-state index contributed by atoms with van der Waals surface area (Å²) < 4.78 is 5.99. The largest absolute Gasteiger partial charge is 0.457 e. The molecule has 2 unspecified atom stereocenters. The number of ether oxygens (including phenoxy) is 1. The van der Waals surface area contributed by atoms with Gasteiger partial charge in [-0.25, -0.2) is 0 Å². The first kappa shape index (κ1) is 19.1. The molecule has 2 aromatic rings. The van der Waals surface area contributed by atoms with E-state index in [0.29, 0.717) is 17.7 Å². The van der Waals surface area contributed by atoms with Gasteiger partial charge in [0.2, 0.25) is 0 Å². The number of Topliss-reactive ketones (excluding diaryl/α,β-unsaturated/α-hetero) is 1. The first-order valence-corrected chi connectivity index (χ1v) is 9.92. The Balaban J connectivity index is 1.77. The van der Waals surface area contributed by atoms with E-state index in [4.69, 9.17) is 9.73 Å². The molecule has 4 heteroatoms. The van der Waals surface area contributed by atoms with Gasteiger partial charge in [0.1, 0.15) is 11.5 Å². The highest BCUT2D eigenvalue weighted by molar-refractivity contribution is 6.03. The fourth-order valence-electron chi connectivity index (χ4n) is 4.37. The van der Waals surface area contributed by atoms with Crippen LogP contribution in [0.25, 0.3) is 0 Å². The minimum absolute atomic E-state index is 0.104. The van der Waals surface area contributed by atoms with Crippen molar-refractivity contribution >= 4 is 11.5 Å². The average molecular weight is 384 g/mol. The highest BCUT2D eigenvalue weighted by atomic mass is 16.5. The molecule has 1 aliphatic heterocycles. The lowest BCUT2D eigenvalue weighted by Gasteiger charge is -2.38. The van der Waals surface area contributed by atoms with Gasteiger partial charge < -0.3 is 4.74 Å². The number of ketones is 1. The lowest BCUT2D eigenvalue weighted by atomic mass is 9.67. The second-order valence-corrected chi connectivity index (χ2v) is 8.63. The van der Waals surface area contributed by atoms with Gasteiger partial charge in [0.25, 0.3) is 0 Å². The van der Waals surface area contributed by atoms with Crippen LogP contribution in [0.2, 0.25) is 0 Å². The van der Waals surface area contributed by atoms with Gasteiger partial charge in [0.05, 0.1) is 12.0 Å². The summed E-state index contributed by atoms with van der Waals surface area (Å²) in [6.07, 6.45) is 1.23. The molecule has 4 rings (SSSR count). The molecule has 1 heterocycles. The summed E-state index contributed by atoms with van der Waals surface area (Å²) in [5.41, 5.74) is 3.13. The topological polar surface area (TPSA) is 62.4 Å². The van der Waals surface area contributed by atoms with E-state index < -0.39 is 5.92 Å². The molecule has 0 saturated heterocycles. The molecule has 146 valence electrons. The minimum Gasteiger partial charge on any atom is -0.457 e. The molecule has 0 bridgehead atoms. The zero-order valence-corrected chi connectivity index (χ0v) is 17.0. The molecule has 4 nitrogen and oxygen atoms in total. The molecule has 0 aromatic heterocycles. The average Bonchev–Trinajstić information content (AvgIpc) is 2.67. The van der Waals surface area contributed by atoms with E-state index in [1.54, 1.807) is 0 Å². The summed E-state index contributed by atoms with van der Waals surface area (Å²) in [7, 11) is 0. The molecule has 0 fully saturated rings. The summed E-state index contributed by atoms with van der Waals surface area (Å²) in [5, 5.41) is 9.88. The SMILES string of the molecule is CC1=NC2=C(C(=O)CC(C)(C)C2)C(c2cccc(Oc3ccccc3)c2)C1C#N. The van der Waals surface area contributed by atoms with E-state index in [2.05, 4.69) is 19.9 Å². The molecule has 0 amide bonds. The van der Waals surface area contributed by atoms with Crippen molar-refractivity contribution < 1.29 is 9.53 Å². The number of hydrogen-bond donors (Lipinski definition) is 0. The molecule has 0 N–H and O–H groups in total. The Kier molecular flexibility index (Phi) is 4.84. The van der Waals surface area contributed by atoms with Gasteiger partial charge in [0.15, 0.2) is 5.78 Å². The molecule has 0 spiro atoms. The quantitative estimate of drug-likeness (QED) is 0.670. The number of nitrogens with zero attached hydrogens (tertiary/aromatic N) is 2. The second-order valence-electron chi connectivity index (χ2n) is 8.63. The van der Waals surface area contributed by atoms with E-state index >= 15 is 0 Å². The van der Waals surface area contributed by atoms with E-state index in [-0.39, 0.29) is 17.1 Å². The third-order valence-electron chi connectivity index (χ3n) is 5.64. The Morgan fingerprint density at radius 2 is 1.79 bits per heavy atom. The van der Waals surface area contributed by atoms with Crippen molar-refractivity contribution in [1.82, 2.24) is 0 Å². The van der Waals surface area contributed by atoms with Gasteiger partial charge >= 0.3 is 0 Å². The van der Waals surface area contributed by atoms with Crippen molar-refractivity contribution in [2.45, 2.75) is 39.5 Å². The molecule has 0 radical (unpaired) electrons. The Labute approximate surface area is 171 Å². The van der Waals surface area contributed by atoms with Crippen molar-refractivity contribution in [3.05, 3.63) is 71.4 Å². The van der Waals surface area contributed by atoms with Crippen molar-refractivity contribution in [3.63, 3.8) is 0 Å². The van der Waals surface area contributed by atoms with Gasteiger partial charge in [0, 0.05) is 29.3 Å². The lowest BCUT2D eigenvalue weighted by Crippen LogP contribution is -2.35. The number of rotatable bonds is 3. The molecule has 2 aliphatic rings. The summed E-state index contributed by atoms with van der Waals surface area (Å²) in [6, 6.07) is 19.7. The summed E-state index contributed by atoms with van der Waals surface area (Å²) >= 11 is 0. The Hall–Kier alpha value is -3.19. The minimum atomic E-state index is -0.453. The normalized spacial score (nSPS) is 23.1. The standard InChI is InChI=1S/C25H24N2O2/c1-16-20(15-26)23(24-21(27-16)13-25(2,3)14-22(24)28)17-8-7-11-19(12-17)29-18-9-5-4-6-10-18/h4-12,20,23H,13-14H2,1-3H3. The van der Waals surface area contributed by atoms with Crippen LogP contribution in [0, 0.1) is 22.7 Å². The first-order valence-electron chi connectivity index (χ1n) is 9.92. The van der Waals surface area contributed by atoms with Crippen LogP contribution < -0.4 is 4.74 Å². The maximum atomic E-state index is 13.1. The van der Waals surface area contributed by atoms with Crippen molar-refractivity contribution in [2.75, 3.05) is 0 Å². The number of para-hydroxylation sites is 1. The summed E-state index contributed by atoms with van der Waals surface area (Å²) in [4.78, 5) is 17.8. The maximum Gasteiger partial charge on any atom is 0.161 e. The van der Waals surface area contributed by atoms with Gasteiger partial charge in [-0.05, 0) is 48.6 Å². The number of benzene rings is 2. The fourth-order valence-corrected chi connectivity index (χ4v) is 4.37. The number of carbonyl (C=O) groups excluding carboxylic acids is 1. The monoisotopic (exact) mass is 384 g/mol. The van der Waals surface area contributed by atoms with E-state index in [1.807, 2.05) is 61.5 Å². The highest BCUT2D eigenvalue weighted by Gasteiger charge is 2.43. The van der Waals surface area contributed by atoms with E-state index in [9.17, 15) is 10.1 Å². The zero-order chi connectivity index (χ0) is 20.6. The third-order valence-corrected chi connectivity index (χ3v) is 5.64. The number of nitriles is 1. The highest BCUT2D eigenvalue weighted by Crippen LogP contribution is 2.47. The van der Waals surface area contributed by atoms with Crippen molar-refractivity contribution in [2.24, 2.45) is 16.3 Å². The summed E-state index contributed by atoms with van der Waals surface area (Å²) in [6.45, 7) is 6.08. The molecule has 0 saturated carbocycles. The van der Waals surface area contributed by atoms with Crippen LogP contribution in [0.3, 0.4) is 0 Å². The molecule has 2 atom stereocenters. The van der Waals surface area contributed by atoms with E-state index in [1.165, 1.54) is 0 Å². The fraction of sp³-hybridized carbons (Fsp3) is 0.320. The van der Waals surface area contributed by atoms with Gasteiger partial charge in [-0.15, -0.1) is 0 Å². The van der Waals surface area contributed by atoms with E-state index in [0.717, 1.165) is 29.1 Å². The smallest absolute Gasteiger partial charge is 0.161 e. The number of aliphatic imine (C=N–C) groups is 1. The van der Waals surface area contributed by atoms with Crippen LogP contribution in [0.1, 0.15) is 45.1 Å². The molecular formula is C25H24N2O2. The Bertz CT molecular complexity index is 1060. The predicted molar refractivity (Wildman–Crippen MR) is 113 cm³/mol. The van der Waals surface area contributed by atoms with Crippen LogP contribution in [-0.4, -0.2) is 11.5 Å². The van der Waals surface area contributed by atoms with Crippen LogP contribution in [0.15, 0.2) is 70.9 Å². The third kappa shape index (κ3) is 3.73. The Morgan fingerprint density at radius 1 is 1.07 bits per heavy atom. The maximum absolute atomic E-state index is 13.1. The lowest BCUT2D eigenvalue weighted by molar-refractivity contribution is -0.118. The van der Waals surface area contributed by atoms with Crippen LogP contribution >= 0.6 is 0 Å². The second kappa shape index (κ2) is 7.33. The van der Waals surface area contributed by atoms with Gasteiger partial charge in [-0.2, -0.15) is 5.26 Å². The number of hydrogen-bond acceptors (Lipinski definition) is 4. The zero-order valence-electron chi connectivity index (χ0n) is 17.0. The van der Waals surface area contributed by atoms with Crippen molar-refractivity contribution in [3.8, 4) is 17.6 Å². The van der Waals surface area contributed by atoms with Crippen LogP contribution in [0.5, 0.6) is 11.5 Å². The van der Waals surface area contributed by atoms with Crippen molar-refractivity contribution in [1.29, 1.82) is 5.26 Å². The van der Waals surface area contributed by atoms with Gasteiger partial charge in [-0.1, -0.05) is 44.2 Å². The molecular weight excluding hydrogens is 360 g/mol. The molecule has 1 aliphatic carbocycles. The number of carbonyl (C=O) groups is 1. The van der Waals surface area contributed by atoms with Crippen LogP contribution in [0.4, 0.5) is 0 Å². The summed E-state index contributed by atoms with van der Waals surface area (Å²) in [5.74, 6) is 0.781. The van der Waals surface area contributed by atoms with Gasteiger partial charge in [-0.3, -0.25) is 9.79 Å². The first-order chi connectivity index (χ1) is 13.9. The predicted octanol–water partition coefficient (Wildman–Crippen LogP) is 5.82. The van der Waals surface area contributed by atoms with Crippen LogP contribution in [-0.2, 0) is 4.79 Å². The molecule has 2 aromatic carbocycles. The molecule has 29 heavy (non-hydrogen) atoms. The Morgan fingerprint density at radius 3 is 2.52 bits per heavy atom.